The van der Waals surface area contributed by atoms with E-state index in [0.717, 1.165) is 27.7 Å². The molecule has 4 rings (SSSR count). The quantitative estimate of drug-likeness (QED) is 0.540. The molecule has 2 aromatic carbocycles. The predicted molar refractivity (Wildman–Crippen MR) is 115 cm³/mol. The molecule has 0 fully saturated rings. The second-order valence-corrected chi connectivity index (χ2v) is 8.49. The standard InChI is InChI=1S/C21H20ClN3O2S/c1-13-8-9-15(22)19-18(13)23-21(28-19)25(11-10-24(2)3)20(26)17-12-14-6-4-5-7-16(14)27-17/h4-9,12H,10-11H2,1-3H3/p+1. The Hall–Kier alpha value is -2.41. The molecule has 0 saturated heterocycles. The maximum atomic E-state index is 13.3. The number of fused-ring (bicyclic) bond motifs is 2. The maximum absolute atomic E-state index is 13.3. The van der Waals surface area contributed by atoms with E-state index in [9.17, 15) is 4.79 Å². The number of hydrogen-bond donors (Lipinski definition) is 1. The molecule has 2 heterocycles. The summed E-state index contributed by atoms with van der Waals surface area (Å²) in [5.74, 6) is 0.127. The van der Waals surface area contributed by atoms with Crippen LogP contribution in [-0.2, 0) is 0 Å². The van der Waals surface area contributed by atoms with Crippen LogP contribution in [0.5, 0.6) is 0 Å². The molecule has 0 saturated carbocycles. The van der Waals surface area contributed by atoms with Gasteiger partial charge in [0.15, 0.2) is 10.9 Å². The van der Waals surface area contributed by atoms with Gasteiger partial charge in [0.25, 0.3) is 5.91 Å². The Morgan fingerprint density at radius 2 is 2.04 bits per heavy atom. The number of carbonyl (C=O) groups is 1. The van der Waals surface area contributed by atoms with Gasteiger partial charge in [0, 0.05) is 5.39 Å². The average Bonchev–Trinajstić information content (AvgIpc) is 3.30. The summed E-state index contributed by atoms with van der Waals surface area (Å²) in [6.07, 6.45) is 0. The summed E-state index contributed by atoms with van der Waals surface area (Å²) in [7, 11) is 4.12. The summed E-state index contributed by atoms with van der Waals surface area (Å²) in [6, 6.07) is 13.2. The van der Waals surface area contributed by atoms with Crippen molar-refractivity contribution in [3.05, 3.63) is 58.8 Å². The highest BCUT2D eigenvalue weighted by molar-refractivity contribution is 7.23. The highest BCUT2D eigenvalue weighted by atomic mass is 35.5. The highest BCUT2D eigenvalue weighted by Gasteiger charge is 2.25. The van der Waals surface area contributed by atoms with Gasteiger partial charge in [-0.3, -0.25) is 9.69 Å². The van der Waals surface area contributed by atoms with Crippen molar-refractivity contribution < 1.29 is 14.1 Å². The monoisotopic (exact) mass is 414 g/mol. The molecular formula is C21H21ClN3O2S+. The van der Waals surface area contributed by atoms with Crippen LogP contribution in [0.1, 0.15) is 16.1 Å². The smallest absolute Gasteiger partial charge is 0.296 e. The van der Waals surface area contributed by atoms with Crippen molar-refractivity contribution in [2.45, 2.75) is 6.92 Å². The normalized spacial score (nSPS) is 11.6. The summed E-state index contributed by atoms with van der Waals surface area (Å²) in [5, 5.41) is 2.20. The van der Waals surface area contributed by atoms with E-state index < -0.39 is 0 Å². The molecule has 4 aromatic rings. The van der Waals surface area contributed by atoms with Crippen molar-refractivity contribution in [2.75, 3.05) is 32.1 Å². The van der Waals surface area contributed by atoms with Crippen LogP contribution >= 0.6 is 22.9 Å². The summed E-state index contributed by atoms with van der Waals surface area (Å²) >= 11 is 7.81. The van der Waals surface area contributed by atoms with Gasteiger partial charge in [-0.15, -0.1) is 0 Å². The molecule has 0 atom stereocenters. The first kappa shape index (κ1) is 18.9. The summed E-state index contributed by atoms with van der Waals surface area (Å²) < 4.78 is 6.71. The van der Waals surface area contributed by atoms with Crippen LogP contribution in [0.25, 0.3) is 21.2 Å². The van der Waals surface area contributed by atoms with E-state index in [1.807, 2.05) is 43.3 Å². The van der Waals surface area contributed by atoms with Gasteiger partial charge in [0.05, 0.1) is 42.4 Å². The zero-order valence-electron chi connectivity index (χ0n) is 16.0. The highest BCUT2D eigenvalue weighted by Crippen LogP contribution is 2.36. The fourth-order valence-electron chi connectivity index (χ4n) is 3.05. The summed E-state index contributed by atoms with van der Waals surface area (Å²) in [6.45, 7) is 3.32. The number of para-hydroxylation sites is 1. The first-order valence-electron chi connectivity index (χ1n) is 9.09. The number of quaternary nitrogens is 1. The Balaban J connectivity index is 1.77. The molecule has 0 aliphatic carbocycles. The number of anilines is 1. The molecule has 144 valence electrons. The topological polar surface area (TPSA) is 50.8 Å². The number of aromatic nitrogens is 1. The number of rotatable bonds is 5. The minimum atomic E-state index is -0.190. The molecule has 0 radical (unpaired) electrons. The number of likely N-dealkylation sites (N-methyl/N-ethyl adjacent to an activating group) is 1. The van der Waals surface area contributed by atoms with Gasteiger partial charge in [-0.05, 0) is 30.7 Å². The number of nitrogens with zero attached hydrogens (tertiary/aromatic N) is 2. The maximum Gasteiger partial charge on any atom is 0.296 e. The van der Waals surface area contributed by atoms with Crippen molar-refractivity contribution in [1.29, 1.82) is 0 Å². The van der Waals surface area contributed by atoms with E-state index in [4.69, 9.17) is 21.0 Å². The number of hydrogen-bond acceptors (Lipinski definition) is 4. The zero-order valence-corrected chi connectivity index (χ0v) is 17.5. The summed E-state index contributed by atoms with van der Waals surface area (Å²) in [5.41, 5.74) is 2.58. The van der Waals surface area contributed by atoms with Gasteiger partial charge in [-0.1, -0.05) is 47.2 Å². The van der Waals surface area contributed by atoms with Crippen LogP contribution in [-0.4, -0.2) is 38.1 Å². The number of nitrogens with one attached hydrogen (secondary N) is 1. The largest absolute Gasteiger partial charge is 0.451 e. The van der Waals surface area contributed by atoms with E-state index in [0.29, 0.717) is 28.0 Å². The van der Waals surface area contributed by atoms with Crippen molar-refractivity contribution in [2.24, 2.45) is 0 Å². The second kappa shape index (κ2) is 7.54. The first-order chi connectivity index (χ1) is 13.4. The van der Waals surface area contributed by atoms with Crippen molar-refractivity contribution >= 4 is 55.2 Å². The van der Waals surface area contributed by atoms with Crippen LogP contribution < -0.4 is 9.80 Å². The Morgan fingerprint density at radius 3 is 2.75 bits per heavy atom. The van der Waals surface area contributed by atoms with Gasteiger partial charge in [-0.25, -0.2) is 4.98 Å². The fourth-order valence-corrected chi connectivity index (χ4v) is 4.39. The third kappa shape index (κ3) is 3.51. The van der Waals surface area contributed by atoms with Crippen LogP contribution in [0.4, 0.5) is 5.13 Å². The third-order valence-corrected chi connectivity index (χ3v) is 6.17. The Morgan fingerprint density at radius 1 is 1.25 bits per heavy atom. The Bertz CT molecular complexity index is 1090. The van der Waals surface area contributed by atoms with E-state index in [1.165, 1.54) is 16.2 Å². The minimum absolute atomic E-state index is 0.190. The van der Waals surface area contributed by atoms with Crippen LogP contribution in [0.15, 0.2) is 46.9 Å². The Labute approximate surface area is 172 Å². The molecule has 1 N–H and O–H groups in total. The van der Waals surface area contributed by atoms with Crippen molar-refractivity contribution in [3.63, 3.8) is 0 Å². The molecule has 28 heavy (non-hydrogen) atoms. The molecule has 0 bridgehead atoms. The predicted octanol–water partition coefficient (Wildman–Crippen LogP) is 3.80. The lowest BCUT2D eigenvalue weighted by Gasteiger charge is -2.19. The lowest BCUT2D eigenvalue weighted by molar-refractivity contribution is -0.856. The third-order valence-electron chi connectivity index (χ3n) is 4.63. The second-order valence-electron chi connectivity index (χ2n) is 7.10. The van der Waals surface area contributed by atoms with Crippen LogP contribution in [0, 0.1) is 6.92 Å². The van der Waals surface area contributed by atoms with Gasteiger partial charge in [0.1, 0.15) is 5.58 Å². The molecule has 2 aromatic heterocycles. The van der Waals surface area contributed by atoms with E-state index in [2.05, 4.69) is 14.1 Å². The van der Waals surface area contributed by atoms with Gasteiger partial charge in [0.2, 0.25) is 0 Å². The first-order valence-corrected chi connectivity index (χ1v) is 10.3. The van der Waals surface area contributed by atoms with Gasteiger partial charge >= 0.3 is 0 Å². The fraction of sp³-hybridized carbons (Fsp3) is 0.238. The SMILES string of the molecule is Cc1ccc(Cl)c2sc(N(CC[NH+](C)C)C(=O)c3cc4ccccc4o3)nc12. The molecule has 0 aliphatic heterocycles. The van der Waals surface area contributed by atoms with E-state index in [1.54, 1.807) is 11.0 Å². The molecular weight excluding hydrogens is 394 g/mol. The van der Waals surface area contributed by atoms with Gasteiger partial charge < -0.3 is 9.32 Å². The number of aryl methyl sites for hydroxylation is 1. The van der Waals surface area contributed by atoms with E-state index in [-0.39, 0.29) is 5.91 Å². The molecule has 7 heteroatoms. The molecule has 0 unspecified atom stereocenters. The molecule has 5 nitrogen and oxygen atoms in total. The summed E-state index contributed by atoms with van der Waals surface area (Å²) in [4.78, 5) is 21.0. The zero-order chi connectivity index (χ0) is 19.8. The number of benzene rings is 2. The van der Waals surface area contributed by atoms with Gasteiger partial charge in [-0.2, -0.15) is 0 Å². The molecule has 0 spiro atoms. The number of furan rings is 1. The number of amides is 1. The lowest BCUT2D eigenvalue weighted by atomic mass is 10.2. The average molecular weight is 415 g/mol. The number of thiazole rings is 1. The molecule has 1 amide bonds. The van der Waals surface area contributed by atoms with E-state index >= 15 is 0 Å². The van der Waals surface area contributed by atoms with Crippen molar-refractivity contribution in [3.8, 4) is 0 Å². The minimum Gasteiger partial charge on any atom is -0.451 e. The van der Waals surface area contributed by atoms with Crippen molar-refractivity contribution in [1.82, 2.24) is 4.98 Å². The lowest BCUT2D eigenvalue weighted by Crippen LogP contribution is -3.06. The number of carbonyl (C=O) groups excluding carboxylic acids is 1. The van der Waals surface area contributed by atoms with Crippen LogP contribution in [0.3, 0.4) is 0 Å². The molecule has 0 aliphatic rings. The Kier molecular flexibility index (Phi) is 5.10. The van der Waals surface area contributed by atoms with Crippen LogP contribution in [0.2, 0.25) is 5.02 Å². The number of halogens is 1.